The van der Waals surface area contributed by atoms with E-state index in [9.17, 15) is 27.1 Å². The van der Waals surface area contributed by atoms with E-state index in [1.807, 2.05) is 0 Å². The van der Waals surface area contributed by atoms with Crippen molar-refractivity contribution in [2.75, 3.05) is 0 Å². The van der Waals surface area contributed by atoms with Gasteiger partial charge in [-0.15, -0.1) is 0 Å². The highest BCUT2D eigenvalue weighted by Crippen LogP contribution is 2.48. The average molecular weight is 307 g/mol. The van der Waals surface area contributed by atoms with Gasteiger partial charge in [0.15, 0.2) is 0 Å². The lowest BCUT2D eigenvalue weighted by atomic mass is 9.89. The number of aromatic nitrogens is 1. The zero-order valence-electron chi connectivity index (χ0n) is 10.5. The first-order chi connectivity index (χ1) is 9.72. The monoisotopic (exact) mass is 307 g/mol. The maximum Gasteiger partial charge on any atom is 0.418 e. The van der Waals surface area contributed by atoms with Crippen LogP contribution in [0.2, 0.25) is 0 Å². The molecule has 0 spiro atoms. The predicted molar refractivity (Wildman–Crippen MR) is 61.3 cm³/mol. The summed E-state index contributed by atoms with van der Waals surface area (Å²) in [6.07, 6.45) is -6.36. The third-order valence-corrected chi connectivity index (χ3v) is 3.57. The number of rotatable bonds is 1. The van der Waals surface area contributed by atoms with E-state index in [1.54, 1.807) is 0 Å². The zero-order chi connectivity index (χ0) is 15.4. The lowest BCUT2D eigenvalue weighted by Gasteiger charge is -2.29. The van der Waals surface area contributed by atoms with Crippen LogP contribution in [0, 0.1) is 0 Å². The number of aliphatic hydroxyl groups excluding tert-OH is 1. The van der Waals surface area contributed by atoms with Crippen molar-refractivity contribution in [3.8, 4) is 5.88 Å². The molecule has 1 aliphatic rings. The molecule has 0 fully saturated rings. The van der Waals surface area contributed by atoms with Crippen molar-refractivity contribution in [2.45, 2.75) is 31.0 Å². The first-order valence-corrected chi connectivity index (χ1v) is 6.13. The fraction of sp³-hybridized carbons (Fsp3) is 0.385. The molecule has 8 heteroatoms. The maximum absolute atomic E-state index is 13.5. The van der Waals surface area contributed by atoms with Crippen LogP contribution >= 0.6 is 0 Å². The second kappa shape index (κ2) is 4.33. The van der Waals surface area contributed by atoms with Gasteiger partial charge in [-0.3, -0.25) is 4.57 Å². The summed E-state index contributed by atoms with van der Waals surface area (Å²) in [5.41, 5.74) is -2.04. The van der Waals surface area contributed by atoms with Gasteiger partial charge >= 0.3 is 6.18 Å². The number of halogens is 5. The summed E-state index contributed by atoms with van der Waals surface area (Å²) in [6, 6.07) is 2.89. The highest BCUT2D eigenvalue weighted by molar-refractivity contribution is 5.43. The molecule has 3 rings (SSSR count). The van der Waals surface area contributed by atoms with Crippen LogP contribution in [0.3, 0.4) is 0 Å². The quantitative estimate of drug-likeness (QED) is 0.816. The molecule has 0 radical (unpaired) electrons. The van der Waals surface area contributed by atoms with Gasteiger partial charge in [0.1, 0.15) is 6.10 Å². The van der Waals surface area contributed by atoms with Crippen molar-refractivity contribution in [3.05, 3.63) is 41.4 Å². The molecule has 1 atom stereocenters. The summed E-state index contributed by atoms with van der Waals surface area (Å²) in [6.45, 7) is 0. The van der Waals surface area contributed by atoms with E-state index in [0.717, 1.165) is 4.57 Å². The molecule has 0 bridgehead atoms. The third kappa shape index (κ3) is 2.14. The second-order valence-electron chi connectivity index (χ2n) is 4.89. The lowest BCUT2D eigenvalue weighted by molar-refractivity contribution is -0.147. The molecule has 2 aromatic rings. The molecule has 0 aliphatic heterocycles. The van der Waals surface area contributed by atoms with Crippen LogP contribution < -0.4 is 0 Å². The summed E-state index contributed by atoms with van der Waals surface area (Å²) < 4.78 is 72.4. The summed E-state index contributed by atoms with van der Waals surface area (Å²) in [4.78, 5) is 0. The number of furan rings is 1. The molecule has 1 N–H and O–H groups in total. The molecule has 0 saturated heterocycles. The minimum atomic E-state index is -4.84. The normalized spacial score (nSPS) is 21.3. The Morgan fingerprint density at radius 3 is 2.62 bits per heavy atom. The van der Waals surface area contributed by atoms with Crippen LogP contribution in [-0.4, -0.2) is 15.6 Å². The van der Waals surface area contributed by atoms with Gasteiger partial charge in [-0.05, 0) is 12.5 Å². The molecular weight excluding hydrogens is 297 g/mol. The first kappa shape index (κ1) is 14.1. The molecule has 114 valence electrons. The SMILES string of the molecule is OC1c2c(C(F)(F)F)cn(-c3ccco3)c2CCC1(F)F. The van der Waals surface area contributed by atoms with Crippen molar-refractivity contribution in [2.24, 2.45) is 0 Å². The Balaban J connectivity index is 2.24. The van der Waals surface area contributed by atoms with Crippen molar-refractivity contribution in [1.82, 2.24) is 4.57 Å². The smallest absolute Gasteiger partial charge is 0.418 e. The van der Waals surface area contributed by atoms with Gasteiger partial charge in [-0.1, -0.05) is 0 Å². The van der Waals surface area contributed by atoms with Gasteiger partial charge in [0.25, 0.3) is 5.92 Å². The van der Waals surface area contributed by atoms with Crippen LogP contribution in [0.15, 0.2) is 29.0 Å². The number of hydrogen-bond donors (Lipinski definition) is 1. The number of aliphatic hydroxyl groups is 1. The van der Waals surface area contributed by atoms with E-state index in [4.69, 9.17) is 4.42 Å². The van der Waals surface area contributed by atoms with Crippen LogP contribution in [0.25, 0.3) is 5.88 Å². The molecule has 2 aromatic heterocycles. The summed E-state index contributed by atoms with van der Waals surface area (Å²) >= 11 is 0. The third-order valence-electron chi connectivity index (χ3n) is 3.57. The van der Waals surface area contributed by atoms with E-state index in [0.29, 0.717) is 6.20 Å². The molecule has 1 unspecified atom stereocenters. The minimum absolute atomic E-state index is 0.00398. The topological polar surface area (TPSA) is 38.3 Å². The maximum atomic E-state index is 13.5. The highest BCUT2D eigenvalue weighted by atomic mass is 19.4. The zero-order valence-corrected chi connectivity index (χ0v) is 10.5. The first-order valence-electron chi connectivity index (χ1n) is 6.13. The Hall–Kier alpha value is -1.83. The second-order valence-corrected chi connectivity index (χ2v) is 4.89. The van der Waals surface area contributed by atoms with Gasteiger partial charge in [0.05, 0.1) is 11.8 Å². The highest BCUT2D eigenvalue weighted by Gasteiger charge is 2.50. The Morgan fingerprint density at radius 1 is 1.33 bits per heavy atom. The number of hydrogen-bond acceptors (Lipinski definition) is 2. The Labute approximate surface area is 115 Å². The molecule has 21 heavy (non-hydrogen) atoms. The van der Waals surface area contributed by atoms with Gasteiger partial charge in [0.2, 0.25) is 5.88 Å². The van der Waals surface area contributed by atoms with Crippen LogP contribution in [-0.2, 0) is 12.6 Å². The van der Waals surface area contributed by atoms with Crippen LogP contribution in [0.1, 0.15) is 29.3 Å². The van der Waals surface area contributed by atoms with Crippen molar-refractivity contribution < 1.29 is 31.5 Å². The number of nitrogens with zero attached hydrogens (tertiary/aromatic N) is 1. The summed E-state index contributed by atoms with van der Waals surface area (Å²) in [7, 11) is 0. The Kier molecular flexibility index (Phi) is 2.91. The summed E-state index contributed by atoms with van der Waals surface area (Å²) in [5.74, 6) is -3.50. The van der Waals surface area contributed by atoms with Crippen molar-refractivity contribution in [3.63, 3.8) is 0 Å². The molecule has 0 amide bonds. The van der Waals surface area contributed by atoms with E-state index < -0.39 is 35.8 Å². The van der Waals surface area contributed by atoms with E-state index in [-0.39, 0.29) is 18.0 Å². The Bertz CT molecular complexity index is 657. The van der Waals surface area contributed by atoms with E-state index in [2.05, 4.69) is 0 Å². The lowest BCUT2D eigenvalue weighted by Crippen LogP contribution is -2.33. The average Bonchev–Trinajstić information content (AvgIpc) is 2.99. The fourth-order valence-electron chi connectivity index (χ4n) is 2.58. The molecular formula is C13H10F5NO2. The van der Waals surface area contributed by atoms with Crippen LogP contribution in [0.5, 0.6) is 0 Å². The molecule has 0 aromatic carbocycles. The molecule has 1 aliphatic carbocycles. The fourth-order valence-corrected chi connectivity index (χ4v) is 2.58. The number of alkyl halides is 5. The largest absolute Gasteiger partial charge is 0.448 e. The molecule has 2 heterocycles. The Morgan fingerprint density at radius 2 is 2.05 bits per heavy atom. The van der Waals surface area contributed by atoms with Gasteiger partial charge in [0, 0.05) is 29.9 Å². The number of fused-ring (bicyclic) bond motifs is 1. The standard InChI is InChI=1S/C13H10F5NO2/c14-12(15)4-3-8-10(11(12)20)7(13(16,17)18)6-19(8)9-2-1-5-21-9/h1-2,5-6,11,20H,3-4H2. The predicted octanol–water partition coefficient (Wildman–Crippen LogP) is 3.70. The van der Waals surface area contributed by atoms with Gasteiger partial charge in [-0.2, -0.15) is 13.2 Å². The van der Waals surface area contributed by atoms with Gasteiger partial charge < -0.3 is 9.52 Å². The van der Waals surface area contributed by atoms with Crippen molar-refractivity contribution in [1.29, 1.82) is 0 Å². The van der Waals surface area contributed by atoms with Gasteiger partial charge in [-0.25, -0.2) is 8.78 Å². The summed E-state index contributed by atoms with van der Waals surface area (Å²) in [5, 5.41) is 9.65. The van der Waals surface area contributed by atoms with E-state index >= 15 is 0 Å². The van der Waals surface area contributed by atoms with E-state index in [1.165, 1.54) is 18.4 Å². The molecule has 3 nitrogen and oxygen atoms in total. The van der Waals surface area contributed by atoms with Crippen molar-refractivity contribution >= 4 is 0 Å². The molecule has 0 saturated carbocycles. The minimum Gasteiger partial charge on any atom is -0.448 e. The van der Waals surface area contributed by atoms with Crippen LogP contribution in [0.4, 0.5) is 22.0 Å².